The molecule has 0 aromatic carbocycles. The molecule has 0 unspecified atom stereocenters. The summed E-state index contributed by atoms with van der Waals surface area (Å²) in [6, 6.07) is 6.70. The summed E-state index contributed by atoms with van der Waals surface area (Å²) >= 11 is 3.28. The fraction of sp³-hybridized carbons (Fsp3) is 0.400. The van der Waals surface area contributed by atoms with Gasteiger partial charge in [-0.2, -0.15) is 0 Å². The quantitative estimate of drug-likeness (QED) is 0.659. The van der Waals surface area contributed by atoms with Gasteiger partial charge in [0.05, 0.1) is 12.0 Å². The first-order chi connectivity index (χ1) is 14.1. The summed E-state index contributed by atoms with van der Waals surface area (Å²) in [7, 11) is 0. The Balaban J connectivity index is 1.74. The van der Waals surface area contributed by atoms with Crippen LogP contribution in [0.2, 0.25) is 0 Å². The van der Waals surface area contributed by atoms with Gasteiger partial charge in [0, 0.05) is 36.8 Å². The number of nitrogens with zero attached hydrogens (tertiary/aromatic N) is 4. The predicted octanol–water partition coefficient (Wildman–Crippen LogP) is 3.14. The Morgan fingerprint density at radius 1 is 1.23 bits per heavy atom. The molecule has 1 aliphatic rings. The molecule has 0 spiro atoms. The lowest BCUT2D eigenvalue weighted by Crippen LogP contribution is -2.37. The predicted molar refractivity (Wildman–Crippen MR) is 113 cm³/mol. The number of nitrogens with two attached hydrogens (primary N) is 1. The molecule has 0 radical (unpaired) electrons. The number of rotatable bonds is 5. The van der Waals surface area contributed by atoms with Gasteiger partial charge >= 0.3 is 0 Å². The first-order valence-corrected chi connectivity index (χ1v) is 10.3. The molecule has 0 aliphatic carbocycles. The Hall–Kier alpha value is -2.62. The molecule has 10 heteroatoms. The lowest BCUT2D eigenvalue weighted by molar-refractivity contribution is -0.137. The number of carbonyl (C=O) groups excluding carboxylic acids is 2. The zero-order valence-corrected chi connectivity index (χ0v) is 18.0. The number of amides is 1. The summed E-state index contributed by atoms with van der Waals surface area (Å²) in [6.07, 6.45) is 1.33. The molecule has 2 aromatic rings. The Morgan fingerprint density at radius 2 is 2.00 bits per heavy atom. The first-order valence-electron chi connectivity index (χ1n) is 9.47. The van der Waals surface area contributed by atoms with E-state index in [2.05, 4.69) is 25.9 Å². The van der Waals surface area contributed by atoms with Crippen molar-refractivity contribution in [1.82, 2.24) is 14.9 Å². The van der Waals surface area contributed by atoms with Crippen molar-refractivity contribution < 1.29 is 18.4 Å². The summed E-state index contributed by atoms with van der Waals surface area (Å²) in [4.78, 5) is 36.8. The average molecular weight is 482 g/mol. The van der Waals surface area contributed by atoms with E-state index in [0.717, 1.165) is 6.92 Å². The summed E-state index contributed by atoms with van der Waals surface area (Å²) in [5, 5.41) is 0. The molecule has 2 N–H and O–H groups in total. The number of alkyl halides is 2. The highest BCUT2D eigenvalue weighted by atomic mass is 79.9. The van der Waals surface area contributed by atoms with Gasteiger partial charge in [0.25, 0.3) is 5.92 Å². The maximum absolute atomic E-state index is 13.2. The van der Waals surface area contributed by atoms with Gasteiger partial charge in [0.15, 0.2) is 0 Å². The van der Waals surface area contributed by atoms with E-state index >= 15 is 0 Å². The van der Waals surface area contributed by atoms with Crippen LogP contribution in [0.1, 0.15) is 35.8 Å². The minimum atomic E-state index is -3.03. The topological polar surface area (TPSA) is 92.4 Å². The van der Waals surface area contributed by atoms with Crippen LogP contribution in [0.25, 0.3) is 0 Å². The minimum absolute atomic E-state index is 0.118. The van der Waals surface area contributed by atoms with Crippen molar-refractivity contribution in [1.29, 1.82) is 0 Å². The van der Waals surface area contributed by atoms with Crippen LogP contribution in [0, 0.1) is 0 Å². The first kappa shape index (κ1) is 22.1. The van der Waals surface area contributed by atoms with Crippen molar-refractivity contribution in [2.45, 2.75) is 25.7 Å². The number of halogens is 3. The zero-order valence-electron chi connectivity index (χ0n) is 16.4. The van der Waals surface area contributed by atoms with Crippen molar-refractivity contribution in [2.24, 2.45) is 0 Å². The highest BCUT2D eigenvalue weighted by molar-refractivity contribution is 9.10. The van der Waals surface area contributed by atoms with Crippen molar-refractivity contribution >= 4 is 39.3 Å². The SMILES string of the molecule is CC(F)(F)CC(=O)N1CCCN(c2cccc(C(=O)c3cc(Br)cnc3N)n2)CC1. The Kier molecular flexibility index (Phi) is 6.64. The average Bonchev–Trinajstić information content (AvgIpc) is 2.94. The number of aromatic nitrogens is 2. The summed E-state index contributed by atoms with van der Waals surface area (Å²) in [6.45, 7) is 2.50. The van der Waals surface area contributed by atoms with Crippen molar-refractivity contribution in [3.63, 3.8) is 0 Å². The molecule has 1 aliphatic heterocycles. The number of hydrogen-bond donors (Lipinski definition) is 1. The highest BCUT2D eigenvalue weighted by Gasteiger charge is 2.29. The van der Waals surface area contributed by atoms with Gasteiger partial charge in [-0.1, -0.05) is 6.07 Å². The summed E-state index contributed by atoms with van der Waals surface area (Å²) in [5.74, 6) is -3.23. The van der Waals surface area contributed by atoms with Crippen LogP contribution in [-0.4, -0.2) is 58.7 Å². The second-order valence-electron chi connectivity index (χ2n) is 7.26. The van der Waals surface area contributed by atoms with E-state index in [1.165, 1.54) is 11.1 Å². The van der Waals surface area contributed by atoms with E-state index < -0.39 is 18.3 Å². The third-order valence-corrected chi connectivity index (χ3v) is 5.16. The second-order valence-corrected chi connectivity index (χ2v) is 8.18. The molecule has 2 aromatic heterocycles. The van der Waals surface area contributed by atoms with E-state index in [9.17, 15) is 18.4 Å². The Labute approximate surface area is 181 Å². The van der Waals surface area contributed by atoms with Crippen LogP contribution in [0.3, 0.4) is 0 Å². The van der Waals surface area contributed by atoms with Gasteiger partial charge in [-0.15, -0.1) is 0 Å². The maximum atomic E-state index is 13.2. The number of pyridine rings is 2. The Bertz CT molecular complexity index is 951. The normalized spacial score (nSPS) is 15.1. The molecule has 1 saturated heterocycles. The molecule has 160 valence electrons. The van der Waals surface area contributed by atoms with Crippen LogP contribution in [0.15, 0.2) is 34.9 Å². The Morgan fingerprint density at radius 3 is 2.73 bits per heavy atom. The van der Waals surface area contributed by atoms with Gasteiger partial charge in [0.2, 0.25) is 11.7 Å². The zero-order chi connectivity index (χ0) is 21.9. The number of anilines is 2. The summed E-state index contributed by atoms with van der Waals surface area (Å²) < 4.78 is 27.0. The molecular formula is C20H22BrF2N5O2. The fourth-order valence-electron chi connectivity index (χ4n) is 3.27. The van der Waals surface area contributed by atoms with Gasteiger partial charge < -0.3 is 15.5 Å². The molecule has 7 nitrogen and oxygen atoms in total. The molecule has 0 bridgehead atoms. The van der Waals surface area contributed by atoms with Crippen molar-refractivity contribution in [3.05, 3.63) is 46.2 Å². The number of carbonyl (C=O) groups is 2. The highest BCUT2D eigenvalue weighted by Crippen LogP contribution is 2.22. The molecule has 3 rings (SSSR count). The summed E-state index contributed by atoms with van der Waals surface area (Å²) in [5.41, 5.74) is 6.31. The molecule has 0 atom stereocenters. The monoisotopic (exact) mass is 481 g/mol. The van der Waals surface area contributed by atoms with E-state index in [0.29, 0.717) is 42.9 Å². The van der Waals surface area contributed by atoms with Crippen LogP contribution >= 0.6 is 15.9 Å². The lowest BCUT2D eigenvalue weighted by Gasteiger charge is -2.24. The number of nitrogen functional groups attached to an aromatic ring is 1. The maximum Gasteiger partial charge on any atom is 0.254 e. The van der Waals surface area contributed by atoms with E-state index in [4.69, 9.17) is 5.73 Å². The van der Waals surface area contributed by atoms with Crippen LogP contribution < -0.4 is 10.6 Å². The van der Waals surface area contributed by atoms with Gasteiger partial charge in [-0.3, -0.25) is 9.59 Å². The minimum Gasteiger partial charge on any atom is -0.383 e. The second kappa shape index (κ2) is 9.03. The molecule has 30 heavy (non-hydrogen) atoms. The third-order valence-electron chi connectivity index (χ3n) is 4.73. The third kappa shape index (κ3) is 5.50. The number of ketones is 1. The fourth-order valence-corrected chi connectivity index (χ4v) is 3.60. The molecular weight excluding hydrogens is 460 g/mol. The molecule has 1 fully saturated rings. The largest absolute Gasteiger partial charge is 0.383 e. The van der Waals surface area contributed by atoms with Crippen LogP contribution in [0.4, 0.5) is 20.4 Å². The van der Waals surface area contributed by atoms with Gasteiger partial charge in [-0.05, 0) is 47.5 Å². The van der Waals surface area contributed by atoms with E-state index in [1.54, 1.807) is 24.3 Å². The van der Waals surface area contributed by atoms with Gasteiger partial charge in [-0.25, -0.2) is 18.7 Å². The van der Waals surface area contributed by atoms with Crippen molar-refractivity contribution in [2.75, 3.05) is 36.8 Å². The van der Waals surface area contributed by atoms with Crippen LogP contribution in [0.5, 0.6) is 0 Å². The molecule has 0 saturated carbocycles. The molecule has 3 heterocycles. The van der Waals surface area contributed by atoms with Crippen LogP contribution in [-0.2, 0) is 4.79 Å². The number of hydrogen-bond acceptors (Lipinski definition) is 6. The van der Waals surface area contributed by atoms with E-state index in [-0.39, 0.29) is 22.9 Å². The smallest absolute Gasteiger partial charge is 0.254 e. The standard InChI is InChI=1S/C20H22BrF2N5O2/c1-20(22,23)11-17(29)28-7-3-6-27(8-9-28)16-5-2-4-15(26-16)18(30)14-10-13(21)12-25-19(14)24/h2,4-5,10,12H,3,6-9,11H2,1H3,(H2,24,25). The lowest BCUT2D eigenvalue weighted by atomic mass is 10.1. The molecule has 1 amide bonds. The van der Waals surface area contributed by atoms with Crippen molar-refractivity contribution in [3.8, 4) is 0 Å². The van der Waals surface area contributed by atoms with Gasteiger partial charge in [0.1, 0.15) is 17.3 Å². The van der Waals surface area contributed by atoms with E-state index in [1.807, 2.05) is 4.90 Å².